The van der Waals surface area contributed by atoms with Crippen molar-refractivity contribution in [3.8, 4) is 11.8 Å². The molecule has 1 heterocycles. The van der Waals surface area contributed by atoms with Gasteiger partial charge in [-0.05, 0) is 54.0 Å². The van der Waals surface area contributed by atoms with E-state index in [0.29, 0.717) is 10.2 Å². The van der Waals surface area contributed by atoms with E-state index in [1.165, 1.54) is 0 Å². The minimum Gasteiger partial charge on any atom is -0.317 e. The second-order valence-corrected chi connectivity index (χ2v) is 4.67. The fourth-order valence-corrected chi connectivity index (χ4v) is 2.21. The average molecular weight is 293 g/mol. The summed E-state index contributed by atoms with van der Waals surface area (Å²) >= 11 is 3.09. The number of nitriles is 1. The zero-order chi connectivity index (χ0) is 12.6. The predicted octanol–water partition coefficient (Wildman–Crippen LogP) is 3.87. The van der Waals surface area contributed by atoms with E-state index < -0.39 is 5.82 Å². The van der Waals surface area contributed by atoms with Gasteiger partial charge in [0.15, 0.2) is 5.82 Å². The van der Waals surface area contributed by atoms with Crippen molar-refractivity contribution in [2.75, 3.05) is 0 Å². The largest absolute Gasteiger partial charge is 0.317 e. The standard InChI is InChI=1S/C13H10BrFN2/c1-8-3-4-9(2)17(8)12-6-5-11(14)13(15)10(12)7-16/h3-6H,1-2H3. The van der Waals surface area contributed by atoms with Gasteiger partial charge in [0.2, 0.25) is 0 Å². The summed E-state index contributed by atoms with van der Waals surface area (Å²) in [5, 5.41) is 9.08. The maximum absolute atomic E-state index is 13.8. The van der Waals surface area contributed by atoms with Crippen LogP contribution in [0.2, 0.25) is 0 Å². The Morgan fingerprint density at radius 3 is 2.29 bits per heavy atom. The maximum atomic E-state index is 13.8. The second kappa shape index (κ2) is 4.34. The Balaban J connectivity index is 2.78. The SMILES string of the molecule is Cc1ccc(C)n1-c1ccc(Br)c(F)c1C#N. The molecule has 0 aliphatic rings. The fraction of sp³-hybridized carbons (Fsp3) is 0.154. The van der Waals surface area contributed by atoms with Crippen molar-refractivity contribution in [3.63, 3.8) is 0 Å². The smallest absolute Gasteiger partial charge is 0.157 e. The summed E-state index contributed by atoms with van der Waals surface area (Å²) in [5.74, 6) is -0.516. The topological polar surface area (TPSA) is 28.7 Å². The molecular formula is C13H10BrFN2. The van der Waals surface area contributed by atoms with E-state index in [1.807, 2.05) is 36.6 Å². The third kappa shape index (κ3) is 1.87. The van der Waals surface area contributed by atoms with Crippen molar-refractivity contribution in [2.45, 2.75) is 13.8 Å². The molecule has 0 bridgehead atoms. The predicted molar refractivity (Wildman–Crippen MR) is 67.6 cm³/mol. The molecule has 2 nitrogen and oxygen atoms in total. The van der Waals surface area contributed by atoms with Gasteiger partial charge in [-0.3, -0.25) is 0 Å². The van der Waals surface area contributed by atoms with Crippen LogP contribution in [0, 0.1) is 31.0 Å². The van der Waals surface area contributed by atoms with Gasteiger partial charge in [-0.25, -0.2) is 4.39 Å². The Morgan fingerprint density at radius 1 is 1.18 bits per heavy atom. The number of rotatable bonds is 1. The molecule has 0 atom stereocenters. The monoisotopic (exact) mass is 292 g/mol. The Bertz CT molecular complexity index is 604. The highest BCUT2D eigenvalue weighted by molar-refractivity contribution is 9.10. The van der Waals surface area contributed by atoms with Crippen LogP contribution in [0.1, 0.15) is 17.0 Å². The molecule has 86 valence electrons. The summed E-state index contributed by atoms with van der Waals surface area (Å²) in [6, 6.07) is 9.16. The summed E-state index contributed by atoms with van der Waals surface area (Å²) in [7, 11) is 0. The molecule has 0 unspecified atom stereocenters. The molecule has 0 amide bonds. The van der Waals surface area contributed by atoms with Crippen LogP contribution in [0.4, 0.5) is 4.39 Å². The first-order valence-electron chi connectivity index (χ1n) is 5.09. The number of hydrogen-bond acceptors (Lipinski definition) is 1. The number of aryl methyl sites for hydroxylation is 2. The summed E-state index contributed by atoms with van der Waals surface area (Å²) in [5.41, 5.74) is 2.58. The number of nitrogens with zero attached hydrogens (tertiary/aromatic N) is 2. The van der Waals surface area contributed by atoms with Crippen LogP contribution >= 0.6 is 15.9 Å². The van der Waals surface area contributed by atoms with Crippen LogP contribution in [-0.4, -0.2) is 4.57 Å². The molecule has 1 aromatic heterocycles. The van der Waals surface area contributed by atoms with Gasteiger partial charge in [0, 0.05) is 11.4 Å². The highest BCUT2D eigenvalue weighted by Crippen LogP contribution is 2.26. The Morgan fingerprint density at radius 2 is 1.76 bits per heavy atom. The molecule has 0 radical (unpaired) electrons. The van der Waals surface area contributed by atoms with Gasteiger partial charge in [0.1, 0.15) is 11.6 Å². The van der Waals surface area contributed by atoms with Gasteiger partial charge in [0.05, 0.1) is 10.2 Å². The molecule has 0 aliphatic heterocycles. The highest BCUT2D eigenvalue weighted by Gasteiger charge is 2.15. The Kier molecular flexibility index (Phi) is 3.03. The molecule has 1 aromatic carbocycles. The minimum absolute atomic E-state index is 0.0572. The zero-order valence-electron chi connectivity index (χ0n) is 9.46. The first kappa shape index (κ1) is 11.9. The molecule has 2 aromatic rings. The van der Waals surface area contributed by atoms with E-state index in [4.69, 9.17) is 5.26 Å². The lowest BCUT2D eigenvalue weighted by Crippen LogP contribution is -2.03. The normalized spacial score (nSPS) is 10.3. The highest BCUT2D eigenvalue weighted by atomic mass is 79.9. The lowest BCUT2D eigenvalue weighted by atomic mass is 10.1. The molecular weight excluding hydrogens is 283 g/mol. The summed E-state index contributed by atoms with van der Waals surface area (Å²) in [6.07, 6.45) is 0. The van der Waals surface area contributed by atoms with Crippen LogP contribution in [0.5, 0.6) is 0 Å². The molecule has 0 fully saturated rings. The first-order chi connectivity index (χ1) is 8.06. The third-order valence-electron chi connectivity index (χ3n) is 2.70. The molecule has 0 saturated carbocycles. The number of hydrogen-bond donors (Lipinski definition) is 0. The van der Waals surface area contributed by atoms with Crippen molar-refractivity contribution < 1.29 is 4.39 Å². The van der Waals surface area contributed by atoms with E-state index in [0.717, 1.165) is 11.4 Å². The van der Waals surface area contributed by atoms with Crippen molar-refractivity contribution in [1.82, 2.24) is 4.57 Å². The van der Waals surface area contributed by atoms with Crippen LogP contribution in [0.25, 0.3) is 5.69 Å². The van der Waals surface area contributed by atoms with E-state index in [-0.39, 0.29) is 5.56 Å². The number of aromatic nitrogens is 1. The molecule has 0 spiro atoms. The van der Waals surface area contributed by atoms with Crippen LogP contribution in [-0.2, 0) is 0 Å². The van der Waals surface area contributed by atoms with Crippen LogP contribution in [0.15, 0.2) is 28.7 Å². The van der Waals surface area contributed by atoms with E-state index in [9.17, 15) is 4.39 Å². The fourth-order valence-electron chi connectivity index (χ4n) is 1.88. The lowest BCUT2D eigenvalue weighted by molar-refractivity contribution is 0.615. The average Bonchev–Trinajstić information content (AvgIpc) is 2.63. The van der Waals surface area contributed by atoms with E-state index in [1.54, 1.807) is 12.1 Å². The van der Waals surface area contributed by atoms with E-state index in [2.05, 4.69) is 15.9 Å². The van der Waals surface area contributed by atoms with Crippen molar-refractivity contribution in [2.24, 2.45) is 0 Å². The molecule has 17 heavy (non-hydrogen) atoms. The molecule has 0 N–H and O–H groups in total. The van der Waals surface area contributed by atoms with Gasteiger partial charge >= 0.3 is 0 Å². The summed E-state index contributed by atoms with van der Waals surface area (Å²) in [4.78, 5) is 0. The first-order valence-corrected chi connectivity index (χ1v) is 5.89. The van der Waals surface area contributed by atoms with Gasteiger partial charge in [-0.15, -0.1) is 0 Å². The van der Waals surface area contributed by atoms with Gasteiger partial charge in [-0.1, -0.05) is 0 Å². The number of halogens is 2. The van der Waals surface area contributed by atoms with Gasteiger partial charge in [-0.2, -0.15) is 5.26 Å². The Labute approximate surface area is 107 Å². The molecule has 4 heteroatoms. The maximum Gasteiger partial charge on any atom is 0.157 e. The molecule has 0 saturated heterocycles. The summed E-state index contributed by atoms with van der Waals surface area (Å²) < 4.78 is 16.0. The van der Waals surface area contributed by atoms with Gasteiger partial charge in [0.25, 0.3) is 0 Å². The Hall–Kier alpha value is -1.60. The number of benzene rings is 1. The van der Waals surface area contributed by atoms with Crippen molar-refractivity contribution in [3.05, 3.63) is 51.5 Å². The molecule has 2 rings (SSSR count). The summed E-state index contributed by atoms with van der Waals surface area (Å²) in [6.45, 7) is 3.85. The van der Waals surface area contributed by atoms with Gasteiger partial charge < -0.3 is 4.57 Å². The zero-order valence-corrected chi connectivity index (χ0v) is 11.0. The van der Waals surface area contributed by atoms with E-state index >= 15 is 0 Å². The minimum atomic E-state index is -0.516. The van der Waals surface area contributed by atoms with Crippen LogP contribution < -0.4 is 0 Å². The third-order valence-corrected chi connectivity index (χ3v) is 3.31. The van der Waals surface area contributed by atoms with Crippen molar-refractivity contribution in [1.29, 1.82) is 5.26 Å². The lowest BCUT2D eigenvalue weighted by Gasteiger charge is -2.12. The quantitative estimate of drug-likeness (QED) is 0.784. The second-order valence-electron chi connectivity index (χ2n) is 3.82. The van der Waals surface area contributed by atoms with Crippen LogP contribution in [0.3, 0.4) is 0 Å². The van der Waals surface area contributed by atoms with Crippen molar-refractivity contribution >= 4 is 15.9 Å². The molecule has 0 aliphatic carbocycles.